The predicted octanol–water partition coefficient (Wildman–Crippen LogP) is 0.0729. The highest BCUT2D eigenvalue weighted by Crippen LogP contribution is 2.21. The number of hydrogen-bond donors (Lipinski definition) is 2. The van der Waals surface area contributed by atoms with E-state index in [0.29, 0.717) is 12.2 Å². The molecule has 1 aromatic rings. The molecule has 14 heavy (non-hydrogen) atoms. The van der Waals surface area contributed by atoms with Crippen molar-refractivity contribution in [2.75, 3.05) is 13.2 Å². The zero-order valence-electron chi connectivity index (χ0n) is 7.62. The summed E-state index contributed by atoms with van der Waals surface area (Å²) in [4.78, 5) is 11.5. The number of aliphatic hydroxyl groups excluding tert-OH is 1. The molecule has 0 aromatic carbocycles. The molecule has 0 spiro atoms. The maximum Gasteiger partial charge on any atom is 0.269 e. The summed E-state index contributed by atoms with van der Waals surface area (Å²) in [5, 5.41) is 16.1. The molecule has 1 aliphatic rings. The van der Waals surface area contributed by atoms with Crippen molar-refractivity contribution in [2.45, 2.75) is 13.0 Å². The van der Waals surface area contributed by atoms with Gasteiger partial charge < -0.3 is 10.4 Å². The molecule has 5 nitrogen and oxygen atoms in total. The SMILES string of the molecule is Cc1c(I)nn2c1C(=O)NCC2CO. The number of hydrogen-bond acceptors (Lipinski definition) is 3. The van der Waals surface area contributed by atoms with Crippen LogP contribution >= 0.6 is 22.6 Å². The average molecular weight is 307 g/mol. The van der Waals surface area contributed by atoms with Gasteiger partial charge in [-0.25, -0.2) is 0 Å². The van der Waals surface area contributed by atoms with Crippen molar-refractivity contribution in [3.8, 4) is 0 Å². The van der Waals surface area contributed by atoms with E-state index in [1.54, 1.807) is 4.68 Å². The van der Waals surface area contributed by atoms with Gasteiger partial charge >= 0.3 is 0 Å². The normalized spacial score (nSPS) is 20.5. The Bertz CT molecular complexity index is 388. The molecular weight excluding hydrogens is 297 g/mol. The molecule has 0 fully saturated rings. The Kier molecular flexibility index (Phi) is 2.48. The van der Waals surface area contributed by atoms with Crippen LogP contribution in [0.25, 0.3) is 0 Å². The van der Waals surface area contributed by atoms with E-state index in [4.69, 9.17) is 5.11 Å². The second-order valence-corrected chi connectivity index (χ2v) is 4.28. The number of nitrogens with one attached hydrogen (secondary N) is 1. The Morgan fingerprint density at radius 2 is 2.50 bits per heavy atom. The molecule has 2 heterocycles. The number of amides is 1. The van der Waals surface area contributed by atoms with Gasteiger partial charge in [0.05, 0.1) is 12.6 Å². The Morgan fingerprint density at radius 3 is 3.14 bits per heavy atom. The molecule has 1 aromatic heterocycles. The number of aromatic nitrogens is 2. The fraction of sp³-hybridized carbons (Fsp3) is 0.500. The van der Waals surface area contributed by atoms with E-state index in [9.17, 15) is 4.79 Å². The standard InChI is InChI=1S/C8H10IN3O2/c1-4-6-8(14)10-2-5(3-13)12(6)11-7(4)9/h5,13H,2-3H2,1H3,(H,10,14). The van der Waals surface area contributed by atoms with E-state index in [1.165, 1.54) is 0 Å². The van der Waals surface area contributed by atoms with Crippen molar-refractivity contribution < 1.29 is 9.90 Å². The third-order valence-corrected chi connectivity index (χ3v) is 3.38. The first-order valence-corrected chi connectivity index (χ1v) is 5.36. The summed E-state index contributed by atoms with van der Waals surface area (Å²) in [6.45, 7) is 2.30. The fourth-order valence-electron chi connectivity index (χ4n) is 1.55. The van der Waals surface area contributed by atoms with E-state index in [-0.39, 0.29) is 18.6 Å². The number of carbonyl (C=O) groups is 1. The van der Waals surface area contributed by atoms with Gasteiger partial charge in [-0.15, -0.1) is 0 Å². The van der Waals surface area contributed by atoms with Crippen LogP contribution in [0.1, 0.15) is 22.1 Å². The third kappa shape index (κ3) is 1.33. The minimum Gasteiger partial charge on any atom is -0.394 e. The van der Waals surface area contributed by atoms with Crippen LogP contribution in [0.2, 0.25) is 0 Å². The Hall–Kier alpha value is -0.630. The molecule has 1 aliphatic heterocycles. The lowest BCUT2D eigenvalue weighted by Gasteiger charge is -2.23. The van der Waals surface area contributed by atoms with Gasteiger partial charge in [-0.3, -0.25) is 9.48 Å². The van der Waals surface area contributed by atoms with Gasteiger partial charge in [0.15, 0.2) is 0 Å². The average Bonchev–Trinajstić information content (AvgIpc) is 2.45. The van der Waals surface area contributed by atoms with Crippen molar-refractivity contribution in [1.82, 2.24) is 15.1 Å². The van der Waals surface area contributed by atoms with Crippen LogP contribution in [0.4, 0.5) is 0 Å². The number of nitrogens with zero attached hydrogens (tertiary/aromatic N) is 2. The lowest BCUT2D eigenvalue weighted by molar-refractivity contribution is 0.0887. The second kappa shape index (κ2) is 3.50. The van der Waals surface area contributed by atoms with Gasteiger partial charge in [0.1, 0.15) is 9.39 Å². The quantitative estimate of drug-likeness (QED) is 0.722. The predicted molar refractivity (Wildman–Crippen MR) is 58.1 cm³/mol. The van der Waals surface area contributed by atoms with Crippen LogP contribution < -0.4 is 5.32 Å². The molecule has 2 rings (SSSR count). The van der Waals surface area contributed by atoms with Gasteiger partial charge in [-0.05, 0) is 29.5 Å². The lowest BCUT2D eigenvalue weighted by Crippen LogP contribution is -2.41. The maximum atomic E-state index is 11.5. The van der Waals surface area contributed by atoms with Crippen molar-refractivity contribution >= 4 is 28.5 Å². The van der Waals surface area contributed by atoms with Gasteiger partial charge in [0.25, 0.3) is 5.91 Å². The highest BCUT2D eigenvalue weighted by molar-refractivity contribution is 14.1. The Balaban J connectivity index is 2.56. The highest BCUT2D eigenvalue weighted by Gasteiger charge is 2.28. The summed E-state index contributed by atoms with van der Waals surface area (Å²) in [6.07, 6.45) is 0. The zero-order chi connectivity index (χ0) is 10.3. The molecule has 0 bridgehead atoms. The van der Waals surface area contributed by atoms with Crippen LogP contribution in [0.5, 0.6) is 0 Å². The first kappa shape index (κ1) is 9.91. The van der Waals surface area contributed by atoms with E-state index in [2.05, 4.69) is 33.0 Å². The van der Waals surface area contributed by atoms with E-state index < -0.39 is 0 Å². The van der Waals surface area contributed by atoms with E-state index in [0.717, 1.165) is 9.26 Å². The molecule has 0 aliphatic carbocycles. The van der Waals surface area contributed by atoms with Crippen molar-refractivity contribution in [2.24, 2.45) is 0 Å². The van der Waals surface area contributed by atoms with Crippen molar-refractivity contribution in [3.05, 3.63) is 15.0 Å². The summed E-state index contributed by atoms with van der Waals surface area (Å²) in [7, 11) is 0. The molecule has 0 saturated heterocycles. The van der Waals surface area contributed by atoms with Crippen LogP contribution in [-0.4, -0.2) is 33.9 Å². The Labute approximate surface area is 94.6 Å². The summed E-state index contributed by atoms with van der Waals surface area (Å²) in [6, 6.07) is -0.134. The van der Waals surface area contributed by atoms with E-state index in [1.807, 2.05) is 6.92 Å². The number of rotatable bonds is 1. The van der Waals surface area contributed by atoms with E-state index >= 15 is 0 Å². The summed E-state index contributed by atoms with van der Waals surface area (Å²) >= 11 is 2.09. The molecule has 1 unspecified atom stereocenters. The molecule has 1 amide bonds. The smallest absolute Gasteiger partial charge is 0.269 e. The maximum absolute atomic E-state index is 11.5. The minimum atomic E-state index is -0.134. The largest absolute Gasteiger partial charge is 0.394 e. The summed E-state index contributed by atoms with van der Waals surface area (Å²) in [5.41, 5.74) is 1.45. The molecule has 0 radical (unpaired) electrons. The van der Waals surface area contributed by atoms with Crippen LogP contribution in [-0.2, 0) is 0 Å². The topological polar surface area (TPSA) is 67.2 Å². The van der Waals surface area contributed by atoms with Gasteiger partial charge in [0, 0.05) is 12.1 Å². The number of carbonyl (C=O) groups excluding carboxylic acids is 1. The summed E-state index contributed by atoms with van der Waals surface area (Å²) < 4.78 is 2.43. The minimum absolute atomic E-state index is 0.00944. The zero-order valence-corrected chi connectivity index (χ0v) is 9.78. The molecular formula is C8H10IN3O2. The fourth-order valence-corrected chi connectivity index (χ4v) is 2.04. The third-order valence-electron chi connectivity index (χ3n) is 2.36. The lowest BCUT2D eigenvalue weighted by atomic mass is 10.2. The highest BCUT2D eigenvalue weighted by atomic mass is 127. The monoisotopic (exact) mass is 307 g/mol. The second-order valence-electron chi connectivity index (χ2n) is 3.26. The van der Waals surface area contributed by atoms with Crippen LogP contribution in [0, 0.1) is 10.6 Å². The molecule has 1 atom stereocenters. The first-order valence-electron chi connectivity index (χ1n) is 4.28. The van der Waals surface area contributed by atoms with Gasteiger partial charge in [-0.1, -0.05) is 0 Å². The Morgan fingerprint density at radius 1 is 1.79 bits per heavy atom. The molecule has 0 saturated carbocycles. The van der Waals surface area contributed by atoms with Crippen LogP contribution in [0.15, 0.2) is 0 Å². The van der Waals surface area contributed by atoms with Crippen LogP contribution in [0.3, 0.4) is 0 Å². The molecule has 76 valence electrons. The number of fused-ring (bicyclic) bond motifs is 1. The number of halogens is 1. The molecule has 2 N–H and O–H groups in total. The number of aliphatic hydroxyl groups is 1. The molecule has 6 heteroatoms. The van der Waals surface area contributed by atoms with Gasteiger partial charge in [0.2, 0.25) is 0 Å². The first-order chi connectivity index (χ1) is 6.65. The summed E-state index contributed by atoms with van der Waals surface area (Å²) in [5.74, 6) is -0.109. The van der Waals surface area contributed by atoms with Crippen molar-refractivity contribution in [3.63, 3.8) is 0 Å². The van der Waals surface area contributed by atoms with Gasteiger partial charge in [-0.2, -0.15) is 5.10 Å². The van der Waals surface area contributed by atoms with Crippen molar-refractivity contribution in [1.29, 1.82) is 0 Å².